The fraction of sp³-hybridized carbons (Fsp3) is 0.455. The van der Waals surface area contributed by atoms with Gasteiger partial charge in [0, 0.05) is 11.3 Å². The lowest BCUT2D eigenvalue weighted by atomic mass is 10.1. The van der Waals surface area contributed by atoms with Crippen molar-refractivity contribution in [1.29, 1.82) is 0 Å². The third-order valence-electron chi connectivity index (χ3n) is 2.49. The molecule has 0 bridgehead atoms. The van der Waals surface area contributed by atoms with E-state index in [1.54, 1.807) is 31.2 Å². The number of benzene rings is 1. The van der Waals surface area contributed by atoms with E-state index in [9.17, 15) is 13.5 Å². The van der Waals surface area contributed by atoms with Gasteiger partial charge in [-0.25, -0.2) is 8.42 Å². The van der Waals surface area contributed by atoms with Crippen LogP contribution in [0, 0.1) is 0 Å². The van der Waals surface area contributed by atoms with Gasteiger partial charge in [0.1, 0.15) is 0 Å². The number of hydrogen-bond donors (Lipinski definition) is 1. The van der Waals surface area contributed by atoms with E-state index in [2.05, 4.69) is 0 Å². The van der Waals surface area contributed by atoms with Crippen LogP contribution in [0.2, 0.25) is 5.02 Å². The fourth-order valence-corrected chi connectivity index (χ4v) is 3.10. The Balaban J connectivity index is 3.05. The summed E-state index contributed by atoms with van der Waals surface area (Å²) >= 11 is 5.79. The smallest absolute Gasteiger partial charge is 0.153 e. The summed E-state index contributed by atoms with van der Waals surface area (Å²) < 4.78 is 22.9. The van der Waals surface area contributed by atoms with E-state index < -0.39 is 21.2 Å². The zero-order valence-electron chi connectivity index (χ0n) is 9.22. The van der Waals surface area contributed by atoms with E-state index in [-0.39, 0.29) is 0 Å². The molecule has 0 spiro atoms. The second-order valence-corrected chi connectivity index (χ2v) is 6.48. The standard InChI is InChI=1S/C11H15ClO3S/c1-3-10(16(2,14)15)11(13)8-5-4-6-9(12)7-8/h4-7,10-11,13H,3H2,1-2H3. The maximum Gasteiger partial charge on any atom is 0.153 e. The van der Waals surface area contributed by atoms with Crippen molar-refractivity contribution in [2.75, 3.05) is 6.26 Å². The fourth-order valence-electron chi connectivity index (χ4n) is 1.67. The maximum atomic E-state index is 11.5. The second kappa shape index (κ2) is 5.17. The number of halogens is 1. The highest BCUT2D eigenvalue weighted by molar-refractivity contribution is 7.91. The van der Waals surface area contributed by atoms with Crippen LogP contribution in [0.1, 0.15) is 25.0 Å². The molecular formula is C11H15ClO3S. The van der Waals surface area contributed by atoms with Crippen LogP contribution in [0.3, 0.4) is 0 Å². The molecule has 1 aromatic carbocycles. The van der Waals surface area contributed by atoms with Gasteiger partial charge in [-0.15, -0.1) is 0 Å². The van der Waals surface area contributed by atoms with E-state index in [0.717, 1.165) is 6.26 Å². The first-order chi connectivity index (χ1) is 7.36. The molecule has 0 saturated carbocycles. The minimum absolute atomic E-state index is 0.368. The Bertz CT molecular complexity index is 456. The Morgan fingerprint density at radius 3 is 2.50 bits per heavy atom. The molecule has 0 aromatic heterocycles. The molecule has 0 fully saturated rings. The number of aliphatic hydroxyl groups is 1. The van der Waals surface area contributed by atoms with Gasteiger partial charge in [0.05, 0.1) is 11.4 Å². The molecule has 0 radical (unpaired) electrons. The summed E-state index contributed by atoms with van der Waals surface area (Å²) in [5, 5.41) is 9.70. The van der Waals surface area contributed by atoms with E-state index in [0.29, 0.717) is 17.0 Å². The Kier molecular flexibility index (Phi) is 4.35. The van der Waals surface area contributed by atoms with E-state index in [4.69, 9.17) is 11.6 Å². The van der Waals surface area contributed by atoms with Crippen molar-refractivity contribution in [3.05, 3.63) is 34.9 Å². The summed E-state index contributed by atoms with van der Waals surface area (Å²) in [6, 6.07) is 6.62. The predicted molar refractivity (Wildman–Crippen MR) is 65.3 cm³/mol. The molecule has 1 N–H and O–H groups in total. The maximum absolute atomic E-state index is 11.5. The third kappa shape index (κ3) is 3.20. The zero-order valence-corrected chi connectivity index (χ0v) is 10.8. The highest BCUT2D eigenvalue weighted by Crippen LogP contribution is 2.25. The second-order valence-electron chi connectivity index (χ2n) is 3.78. The molecule has 0 aliphatic carbocycles. The summed E-state index contributed by atoms with van der Waals surface area (Å²) in [5.41, 5.74) is 0.532. The molecule has 90 valence electrons. The van der Waals surface area contributed by atoms with Crippen LogP contribution in [0.15, 0.2) is 24.3 Å². The van der Waals surface area contributed by atoms with Crippen molar-refractivity contribution in [2.24, 2.45) is 0 Å². The number of sulfone groups is 1. The molecule has 0 amide bonds. The van der Waals surface area contributed by atoms with E-state index in [1.807, 2.05) is 0 Å². The lowest BCUT2D eigenvalue weighted by Crippen LogP contribution is -2.26. The Morgan fingerprint density at radius 2 is 2.06 bits per heavy atom. The molecule has 16 heavy (non-hydrogen) atoms. The molecule has 1 rings (SSSR count). The van der Waals surface area contributed by atoms with Gasteiger partial charge < -0.3 is 5.11 Å². The average Bonchev–Trinajstić information content (AvgIpc) is 2.16. The van der Waals surface area contributed by atoms with Crippen LogP contribution >= 0.6 is 11.6 Å². The van der Waals surface area contributed by atoms with Crippen LogP contribution in [-0.2, 0) is 9.84 Å². The predicted octanol–water partition coefficient (Wildman–Crippen LogP) is 2.20. The van der Waals surface area contributed by atoms with Gasteiger partial charge in [-0.1, -0.05) is 30.7 Å². The zero-order chi connectivity index (χ0) is 12.3. The minimum atomic E-state index is -3.27. The van der Waals surface area contributed by atoms with Crippen molar-refractivity contribution in [3.63, 3.8) is 0 Å². The van der Waals surface area contributed by atoms with Crippen LogP contribution in [0.4, 0.5) is 0 Å². The van der Waals surface area contributed by atoms with Crippen molar-refractivity contribution in [3.8, 4) is 0 Å². The van der Waals surface area contributed by atoms with Crippen LogP contribution in [0.5, 0.6) is 0 Å². The molecule has 5 heteroatoms. The molecule has 2 unspecified atom stereocenters. The topological polar surface area (TPSA) is 54.4 Å². The summed E-state index contributed by atoms with van der Waals surface area (Å²) in [6.45, 7) is 1.74. The summed E-state index contributed by atoms with van der Waals surface area (Å²) in [4.78, 5) is 0. The van der Waals surface area contributed by atoms with Gasteiger partial charge in [0.25, 0.3) is 0 Å². The number of rotatable bonds is 4. The van der Waals surface area contributed by atoms with Crippen LogP contribution in [0.25, 0.3) is 0 Å². The molecule has 0 aliphatic heterocycles. The van der Waals surface area contributed by atoms with Gasteiger partial charge in [-0.2, -0.15) is 0 Å². The lowest BCUT2D eigenvalue weighted by Gasteiger charge is -2.20. The molecule has 3 nitrogen and oxygen atoms in total. The van der Waals surface area contributed by atoms with Gasteiger partial charge in [0.15, 0.2) is 9.84 Å². The molecule has 1 aromatic rings. The highest BCUT2D eigenvalue weighted by Gasteiger charge is 2.28. The Labute approximate surface area is 101 Å². The summed E-state index contributed by atoms with van der Waals surface area (Å²) in [7, 11) is -3.27. The quantitative estimate of drug-likeness (QED) is 0.905. The first-order valence-electron chi connectivity index (χ1n) is 4.98. The van der Waals surface area contributed by atoms with Crippen molar-refractivity contribution < 1.29 is 13.5 Å². The third-order valence-corrected chi connectivity index (χ3v) is 4.42. The van der Waals surface area contributed by atoms with Crippen LogP contribution < -0.4 is 0 Å². The van der Waals surface area contributed by atoms with Gasteiger partial charge in [-0.3, -0.25) is 0 Å². The van der Waals surface area contributed by atoms with Crippen LogP contribution in [-0.4, -0.2) is 25.0 Å². The van der Waals surface area contributed by atoms with Crippen molar-refractivity contribution in [1.82, 2.24) is 0 Å². The molecule has 2 atom stereocenters. The van der Waals surface area contributed by atoms with E-state index in [1.165, 1.54) is 0 Å². The first kappa shape index (κ1) is 13.5. The normalized spacial score (nSPS) is 15.8. The van der Waals surface area contributed by atoms with E-state index >= 15 is 0 Å². The Hall–Kier alpha value is -0.580. The SMILES string of the molecule is CCC(C(O)c1cccc(Cl)c1)S(C)(=O)=O. The molecule has 0 heterocycles. The first-order valence-corrected chi connectivity index (χ1v) is 7.32. The number of hydrogen-bond acceptors (Lipinski definition) is 3. The van der Waals surface area contributed by atoms with Crippen molar-refractivity contribution >= 4 is 21.4 Å². The summed E-state index contributed by atoms with van der Waals surface area (Å²) in [5.74, 6) is 0. The molecule has 0 saturated heterocycles. The Morgan fingerprint density at radius 1 is 1.44 bits per heavy atom. The molecule has 0 aliphatic rings. The lowest BCUT2D eigenvalue weighted by molar-refractivity contribution is 0.169. The largest absolute Gasteiger partial charge is 0.387 e. The number of aliphatic hydroxyl groups excluding tert-OH is 1. The van der Waals surface area contributed by atoms with Crippen molar-refractivity contribution in [2.45, 2.75) is 24.7 Å². The molecular weight excluding hydrogens is 248 g/mol. The summed E-state index contributed by atoms with van der Waals surface area (Å²) in [6.07, 6.45) is 0.472. The monoisotopic (exact) mass is 262 g/mol. The van der Waals surface area contributed by atoms with Gasteiger partial charge in [-0.05, 0) is 24.1 Å². The van der Waals surface area contributed by atoms with Gasteiger partial charge in [0.2, 0.25) is 0 Å². The highest BCUT2D eigenvalue weighted by atomic mass is 35.5. The van der Waals surface area contributed by atoms with Gasteiger partial charge >= 0.3 is 0 Å². The average molecular weight is 263 g/mol. The minimum Gasteiger partial charge on any atom is -0.387 e.